The molecule has 1 amide bonds. The molecule has 1 unspecified atom stereocenters. The highest BCUT2D eigenvalue weighted by molar-refractivity contribution is 5.78. The highest BCUT2D eigenvalue weighted by Crippen LogP contribution is 2.21. The molecule has 6 heteroatoms. The highest BCUT2D eigenvalue weighted by atomic mass is 16.2. The summed E-state index contributed by atoms with van der Waals surface area (Å²) in [4.78, 5) is 24.0. The van der Waals surface area contributed by atoms with E-state index in [1.807, 2.05) is 17.2 Å². The number of piperazine rings is 2. The smallest absolute Gasteiger partial charge is 0.236 e. The Kier molecular flexibility index (Phi) is 6.31. The van der Waals surface area contributed by atoms with E-state index < -0.39 is 0 Å². The fourth-order valence-electron chi connectivity index (χ4n) is 4.11. The van der Waals surface area contributed by atoms with Gasteiger partial charge in [0.1, 0.15) is 0 Å². The predicted octanol–water partition coefficient (Wildman–Crippen LogP) is 1.37. The normalized spacial score (nSPS) is 21.6. The third-order valence-corrected chi connectivity index (χ3v) is 5.74. The number of pyridine rings is 1. The second-order valence-corrected chi connectivity index (χ2v) is 7.62. The van der Waals surface area contributed by atoms with E-state index in [0.29, 0.717) is 6.54 Å². The third kappa shape index (κ3) is 4.76. The van der Waals surface area contributed by atoms with Gasteiger partial charge in [-0.2, -0.15) is 0 Å². The molecular weight excluding hydrogens is 350 g/mol. The molecule has 2 saturated heterocycles. The number of nitrogens with one attached hydrogen (secondary N) is 1. The molecule has 1 N–H and O–H groups in total. The van der Waals surface area contributed by atoms with Crippen LogP contribution in [-0.2, 0) is 11.3 Å². The lowest BCUT2D eigenvalue weighted by atomic mass is 10.1. The maximum Gasteiger partial charge on any atom is 0.236 e. The van der Waals surface area contributed by atoms with Gasteiger partial charge in [0.05, 0.1) is 6.54 Å². The van der Waals surface area contributed by atoms with Gasteiger partial charge in [-0.15, -0.1) is 0 Å². The summed E-state index contributed by atoms with van der Waals surface area (Å²) in [5.74, 6) is 0.246. The number of carbonyl (C=O) groups is 1. The van der Waals surface area contributed by atoms with E-state index in [1.165, 1.54) is 11.1 Å². The van der Waals surface area contributed by atoms with Crippen LogP contribution in [0.5, 0.6) is 0 Å². The number of hydrogen-bond donors (Lipinski definition) is 1. The van der Waals surface area contributed by atoms with Gasteiger partial charge in [0.2, 0.25) is 5.91 Å². The van der Waals surface area contributed by atoms with Crippen LogP contribution in [0.25, 0.3) is 0 Å². The zero-order chi connectivity index (χ0) is 19.2. The molecule has 3 heterocycles. The molecular formula is C22H29N5O. The van der Waals surface area contributed by atoms with Crippen molar-refractivity contribution in [1.82, 2.24) is 25.0 Å². The van der Waals surface area contributed by atoms with Crippen molar-refractivity contribution >= 4 is 5.91 Å². The van der Waals surface area contributed by atoms with Crippen LogP contribution in [0.1, 0.15) is 17.2 Å². The molecule has 6 nitrogen and oxygen atoms in total. The van der Waals surface area contributed by atoms with Gasteiger partial charge in [0.25, 0.3) is 0 Å². The summed E-state index contributed by atoms with van der Waals surface area (Å²) < 4.78 is 0. The minimum atomic E-state index is 0.214. The van der Waals surface area contributed by atoms with Crippen molar-refractivity contribution in [2.45, 2.75) is 12.6 Å². The molecule has 0 aliphatic carbocycles. The van der Waals surface area contributed by atoms with Gasteiger partial charge < -0.3 is 10.2 Å². The number of rotatable bonds is 5. The molecule has 0 spiro atoms. The molecule has 0 saturated carbocycles. The minimum absolute atomic E-state index is 0.214. The van der Waals surface area contributed by atoms with Gasteiger partial charge in [-0.25, -0.2) is 0 Å². The molecule has 28 heavy (non-hydrogen) atoms. The van der Waals surface area contributed by atoms with E-state index in [9.17, 15) is 4.79 Å². The fraction of sp³-hybridized carbons (Fsp3) is 0.455. The largest absolute Gasteiger partial charge is 0.339 e. The summed E-state index contributed by atoms with van der Waals surface area (Å²) in [6.07, 6.45) is 3.71. The molecule has 1 aromatic carbocycles. The Morgan fingerprint density at radius 1 is 1.04 bits per heavy atom. The first-order valence-corrected chi connectivity index (χ1v) is 10.2. The number of carbonyl (C=O) groups excluding carboxylic acids is 1. The van der Waals surface area contributed by atoms with Gasteiger partial charge >= 0.3 is 0 Å². The summed E-state index contributed by atoms with van der Waals surface area (Å²) in [6, 6.07) is 14.8. The van der Waals surface area contributed by atoms with Crippen molar-refractivity contribution in [2.75, 3.05) is 52.4 Å². The number of hydrogen-bond acceptors (Lipinski definition) is 5. The van der Waals surface area contributed by atoms with Gasteiger partial charge in [0.15, 0.2) is 0 Å². The van der Waals surface area contributed by atoms with Crippen LogP contribution in [0.2, 0.25) is 0 Å². The summed E-state index contributed by atoms with van der Waals surface area (Å²) in [5.41, 5.74) is 2.51. The molecule has 2 aromatic rings. The Labute approximate surface area is 167 Å². The quantitative estimate of drug-likeness (QED) is 0.851. The molecule has 2 aliphatic rings. The highest BCUT2D eigenvalue weighted by Gasteiger charge is 2.28. The van der Waals surface area contributed by atoms with E-state index in [-0.39, 0.29) is 11.9 Å². The SMILES string of the molecule is O=C(CN1CCNCC1c1cccnc1)N1CCN(Cc2ccccc2)CC1. The maximum absolute atomic E-state index is 12.9. The molecule has 0 bridgehead atoms. The first-order valence-electron chi connectivity index (χ1n) is 10.2. The van der Waals surface area contributed by atoms with Crippen molar-refractivity contribution < 1.29 is 4.79 Å². The van der Waals surface area contributed by atoms with Crippen LogP contribution in [0, 0.1) is 0 Å². The number of benzene rings is 1. The first-order chi connectivity index (χ1) is 13.8. The van der Waals surface area contributed by atoms with Crippen LogP contribution < -0.4 is 5.32 Å². The summed E-state index contributed by atoms with van der Waals surface area (Å²) >= 11 is 0. The van der Waals surface area contributed by atoms with E-state index in [4.69, 9.17) is 0 Å². The molecule has 1 atom stereocenters. The Bertz CT molecular complexity index is 746. The Morgan fingerprint density at radius 3 is 2.61 bits per heavy atom. The van der Waals surface area contributed by atoms with Crippen molar-refractivity contribution in [1.29, 1.82) is 0 Å². The third-order valence-electron chi connectivity index (χ3n) is 5.74. The van der Waals surface area contributed by atoms with Crippen LogP contribution in [0.3, 0.4) is 0 Å². The van der Waals surface area contributed by atoms with Gasteiger partial charge in [-0.1, -0.05) is 36.4 Å². The van der Waals surface area contributed by atoms with E-state index in [0.717, 1.165) is 52.4 Å². The molecule has 148 valence electrons. The standard InChI is InChI=1S/C22H29N5O/c28-22(18-27-10-9-24-16-21(27)20-7-4-8-23-15-20)26-13-11-25(12-14-26)17-19-5-2-1-3-6-19/h1-8,15,21,24H,9-14,16-18H2. The van der Waals surface area contributed by atoms with Gasteiger partial charge in [0, 0.05) is 70.8 Å². The van der Waals surface area contributed by atoms with Crippen molar-refractivity contribution in [3.8, 4) is 0 Å². The second-order valence-electron chi connectivity index (χ2n) is 7.62. The molecule has 2 aliphatic heterocycles. The topological polar surface area (TPSA) is 51.7 Å². The molecule has 0 radical (unpaired) electrons. The fourth-order valence-corrected chi connectivity index (χ4v) is 4.11. The van der Waals surface area contributed by atoms with Crippen LogP contribution in [0.15, 0.2) is 54.9 Å². The maximum atomic E-state index is 12.9. The summed E-state index contributed by atoms with van der Waals surface area (Å²) in [6.45, 7) is 7.63. The van der Waals surface area contributed by atoms with Crippen molar-refractivity contribution in [3.63, 3.8) is 0 Å². The van der Waals surface area contributed by atoms with Gasteiger partial charge in [-0.3, -0.25) is 19.6 Å². The van der Waals surface area contributed by atoms with E-state index in [1.54, 1.807) is 6.20 Å². The molecule has 4 rings (SSSR count). The lowest BCUT2D eigenvalue weighted by Gasteiger charge is -2.39. The van der Waals surface area contributed by atoms with Crippen molar-refractivity contribution in [2.24, 2.45) is 0 Å². The number of amides is 1. The number of aromatic nitrogens is 1. The molecule has 1 aromatic heterocycles. The average molecular weight is 380 g/mol. The summed E-state index contributed by atoms with van der Waals surface area (Å²) in [7, 11) is 0. The van der Waals surface area contributed by atoms with E-state index >= 15 is 0 Å². The lowest BCUT2D eigenvalue weighted by molar-refractivity contribution is -0.135. The Hall–Kier alpha value is -2.28. The Balaban J connectivity index is 1.30. The predicted molar refractivity (Wildman–Crippen MR) is 110 cm³/mol. The van der Waals surface area contributed by atoms with Gasteiger partial charge in [-0.05, 0) is 17.2 Å². The van der Waals surface area contributed by atoms with E-state index in [2.05, 4.69) is 56.5 Å². The van der Waals surface area contributed by atoms with Crippen molar-refractivity contribution in [3.05, 3.63) is 66.0 Å². The summed E-state index contributed by atoms with van der Waals surface area (Å²) in [5, 5.41) is 3.44. The average Bonchev–Trinajstić information content (AvgIpc) is 2.76. The van der Waals surface area contributed by atoms with Crippen LogP contribution >= 0.6 is 0 Å². The van der Waals surface area contributed by atoms with Crippen LogP contribution in [0.4, 0.5) is 0 Å². The zero-order valence-corrected chi connectivity index (χ0v) is 16.3. The zero-order valence-electron chi connectivity index (χ0n) is 16.3. The minimum Gasteiger partial charge on any atom is -0.339 e. The lowest BCUT2D eigenvalue weighted by Crippen LogP contribution is -2.53. The number of nitrogens with zero attached hydrogens (tertiary/aromatic N) is 4. The Morgan fingerprint density at radius 2 is 1.86 bits per heavy atom. The monoisotopic (exact) mass is 379 g/mol. The van der Waals surface area contributed by atoms with Crippen LogP contribution in [-0.4, -0.2) is 77.9 Å². The molecule has 2 fully saturated rings. The second kappa shape index (κ2) is 9.28. The first kappa shape index (κ1) is 19.1.